The fourth-order valence-electron chi connectivity index (χ4n) is 1.43. The second kappa shape index (κ2) is 4.79. The molecule has 6 heteroatoms. The first-order valence-corrected chi connectivity index (χ1v) is 4.75. The first kappa shape index (κ1) is 11.5. The van der Waals surface area contributed by atoms with Gasteiger partial charge in [0.05, 0.1) is 24.5 Å². The number of carbonyl (C=O) groups is 1. The Labute approximate surface area is 88.2 Å². The van der Waals surface area contributed by atoms with Crippen LogP contribution in [0.3, 0.4) is 0 Å². The minimum Gasteiger partial charge on any atom is -0.395 e. The summed E-state index contributed by atoms with van der Waals surface area (Å²) >= 11 is 0. The molecule has 0 aliphatic heterocycles. The normalized spacial score (nSPS) is 10.5. The van der Waals surface area contributed by atoms with Crippen LogP contribution in [0.25, 0.3) is 0 Å². The Hall–Kier alpha value is -1.56. The Morgan fingerprint density at radius 3 is 2.73 bits per heavy atom. The molecule has 0 radical (unpaired) electrons. The van der Waals surface area contributed by atoms with Crippen molar-refractivity contribution in [3.8, 4) is 0 Å². The van der Waals surface area contributed by atoms with E-state index in [1.165, 1.54) is 0 Å². The summed E-state index contributed by atoms with van der Waals surface area (Å²) in [5.41, 5.74) is 12.3. The molecule has 15 heavy (non-hydrogen) atoms. The third-order valence-electron chi connectivity index (χ3n) is 2.17. The number of carbonyl (C=O) groups excluding carboxylic acids is 1. The summed E-state index contributed by atoms with van der Waals surface area (Å²) < 4.78 is 6.60. The summed E-state index contributed by atoms with van der Waals surface area (Å²) in [5, 5.41) is 4.05. The van der Waals surface area contributed by atoms with Gasteiger partial charge in [-0.3, -0.25) is 9.48 Å². The third-order valence-corrected chi connectivity index (χ3v) is 2.17. The van der Waals surface area contributed by atoms with Gasteiger partial charge >= 0.3 is 0 Å². The maximum Gasteiger partial charge on any atom is 0.271 e. The van der Waals surface area contributed by atoms with Gasteiger partial charge in [0.1, 0.15) is 0 Å². The lowest BCUT2D eigenvalue weighted by Gasteiger charge is -2.04. The smallest absolute Gasteiger partial charge is 0.271 e. The van der Waals surface area contributed by atoms with Gasteiger partial charge in [0.15, 0.2) is 5.69 Å². The number of nitrogen functional groups attached to an aromatic ring is 1. The Morgan fingerprint density at radius 2 is 2.27 bits per heavy atom. The molecule has 0 aliphatic rings. The van der Waals surface area contributed by atoms with Crippen LogP contribution in [0.1, 0.15) is 23.1 Å². The number of hydrogen-bond acceptors (Lipinski definition) is 4. The minimum atomic E-state index is -0.599. The fourth-order valence-corrected chi connectivity index (χ4v) is 1.43. The number of nitrogens with zero attached hydrogens (tertiary/aromatic N) is 2. The van der Waals surface area contributed by atoms with Crippen LogP contribution in [-0.4, -0.2) is 29.4 Å². The predicted octanol–water partition coefficient (Wildman–Crippen LogP) is -0.227. The maximum absolute atomic E-state index is 11.0. The van der Waals surface area contributed by atoms with E-state index in [2.05, 4.69) is 5.10 Å². The third kappa shape index (κ3) is 2.27. The van der Waals surface area contributed by atoms with E-state index >= 15 is 0 Å². The average molecular weight is 212 g/mol. The lowest BCUT2D eigenvalue weighted by atomic mass is 10.2. The van der Waals surface area contributed by atoms with Gasteiger partial charge in [-0.25, -0.2) is 0 Å². The molecule has 0 unspecified atom stereocenters. The quantitative estimate of drug-likeness (QED) is 0.704. The highest BCUT2D eigenvalue weighted by Crippen LogP contribution is 2.17. The molecule has 0 atom stereocenters. The van der Waals surface area contributed by atoms with Crippen molar-refractivity contribution in [2.75, 3.05) is 19.5 Å². The van der Waals surface area contributed by atoms with Crippen molar-refractivity contribution in [2.45, 2.75) is 19.9 Å². The standard InChI is InChI=1S/C9H16N4O2/c1-3-6-7(10)8(9(11)14)12-13(6)4-5-15-2/h3-5,10H2,1-2H3,(H2,11,14). The number of rotatable bonds is 5. The number of primary amides is 1. The molecule has 0 fully saturated rings. The van der Waals surface area contributed by atoms with E-state index in [1.54, 1.807) is 11.8 Å². The predicted molar refractivity (Wildman–Crippen MR) is 56.4 cm³/mol. The zero-order valence-electron chi connectivity index (χ0n) is 8.99. The van der Waals surface area contributed by atoms with Gasteiger partial charge in [-0.05, 0) is 6.42 Å². The van der Waals surface area contributed by atoms with E-state index in [1.807, 2.05) is 6.92 Å². The molecule has 1 aromatic heterocycles. The molecule has 1 amide bonds. The van der Waals surface area contributed by atoms with E-state index in [0.29, 0.717) is 25.3 Å². The van der Waals surface area contributed by atoms with Crippen molar-refractivity contribution in [1.82, 2.24) is 9.78 Å². The summed E-state index contributed by atoms with van der Waals surface area (Å²) in [5.74, 6) is -0.599. The van der Waals surface area contributed by atoms with E-state index in [4.69, 9.17) is 16.2 Å². The number of methoxy groups -OCH3 is 1. The Kier molecular flexibility index (Phi) is 3.68. The van der Waals surface area contributed by atoms with E-state index in [-0.39, 0.29) is 5.69 Å². The number of aromatic nitrogens is 2. The highest BCUT2D eigenvalue weighted by Gasteiger charge is 2.17. The van der Waals surface area contributed by atoms with Crippen LogP contribution < -0.4 is 11.5 Å². The molecule has 1 aromatic rings. The first-order chi connectivity index (χ1) is 7.11. The highest BCUT2D eigenvalue weighted by atomic mass is 16.5. The molecule has 0 aliphatic carbocycles. The number of hydrogen-bond donors (Lipinski definition) is 2. The van der Waals surface area contributed by atoms with Gasteiger partial charge in [-0.2, -0.15) is 5.10 Å². The molecule has 0 saturated carbocycles. The molecular weight excluding hydrogens is 196 g/mol. The van der Waals surface area contributed by atoms with Crippen LogP contribution in [0.2, 0.25) is 0 Å². The van der Waals surface area contributed by atoms with Crippen molar-refractivity contribution in [1.29, 1.82) is 0 Å². The van der Waals surface area contributed by atoms with Crippen LogP contribution in [0, 0.1) is 0 Å². The molecule has 1 rings (SSSR count). The average Bonchev–Trinajstić information content (AvgIpc) is 2.52. The summed E-state index contributed by atoms with van der Waals surface area (Å²) in [4.78, 5) is 11.0. The van der Waals surface area contributed by atoms with Gasteiger partial charge in [-0.15, -0.1) is 0 Å². The van der Waals surface area contributed by atoms with E-state index in [0.717, 1.165) is 5.69 Å². The number of amides is 1. The zero-order valence-corrected chi connectivity index (χ0v) is 8.99. The van der Waals surface area contributed by atoms with Gasteiger partial charge < -0.3 is 16.2 Å². The van der Waals surface area contributed by atoms with Crippen LogP contribution in [-0.2, 0) is 17.7 Å². The Bertz CT molecular complexity index is 359. The number of nitrogens with two attached hydrogens (primary N) is 2. The minimum absolute atomic E-state index is 0.142. The number of anilines is 1. The van der Waals surface area contributed by atoms with Crippen LogP contribution >= 0.6 is 0 Å². The summed E-state index contributed by atoms with van der Waals surface area (Å²) in [7, 11) is 1.60. The maximum atomic E-state index is 11.0. The van der Waals surface area contributed by atoms with E-state index in [9.17, 15) is 4.79 Å². The highest BCUT2D eigenvalue weighted by molar-refractivity contribution is 5.96. The lowest BCUT2D eigenvalue weighted by Crippen LogP contribution is -2.14. The topological polar surface area (TPSA) is 96.2 Å². The fraction of sp³-hybridized carbons (Fsp3) is 0.556. The second-order valence-electron chi connectivity index (χ2n) is 3.14. The molecule has 0 bridgehead atoms. The van der Waals surface area contributed by atoms with Crippen molar-refractivity contribution in [3.05, 3.63) is 11.4 Å². The lowest BCUT2D eigenvalue weighted by molar-refractivity contribution is 0.0995. The first-order valence-electron chi connectivity index (χ1n) is 4.75. The molecule has 0 saturated heterocycles. The zero-order chi connectivity index (χ0) is 11.4. The molecule has 0 aromatic carbocycles. The van der Waals surface area contributed by atoms with Gasteiger partial charge in [-0.1, -0.05) is 6.92 Å². The van der Waals surface area contributed by atoms with Crippen LogP contribution in [0.4, 0.5) is 5.69 Å². The van der Waals surface area contributed by atoms with Gasteiger partial charge in [0, 0.05) is 7.11 Å². The summed E-state index contributed by atoms with van der Waals surface area (Å²) in [6.45, 7) is 3.03. The van der Waals surface area contributed by atoms with Crippen molar-refractivity contribution < 1.29 is 9.53 Å². The molecule has 1 heterocycles. The molecule has 84 valence electrons. The molecular formula is C9H16N4O2. The summed E-state index contributed by atoms with van der Waals surface area (Å²) in [6, 6.07) is 0. The van der Waals surface area contributed by atoms with E-state index < -0.39 is 5.91 Å². The number of ether oxygens (including phenoxy) is 1. The van der Waals surface area contributed by atoms with Crippen molar-refractivity contribution >= 4 is 11.6 Å². The van der Waals surface area contributed by atoms with Gasteiger partial charge in [0.25, 0.3) is 5.91 Å². The molecule has 0 spiro atoms. The monoisotopic (exact) mass is 212 g/mol. The largest absolute Gasteiger partial charge is 0.395 e. The SMILES string of the molecule is CCc1c(N)c(C(N)=O)nn1CCOC. The second-order valence-corrected chi connectivity index (χ2v) is 3.14. The van der Waals surface area contributed by atoms with Crippen LogP contribution in [0.5, 0.6) is 0 Å². The van der Waals surface area contributed by atoms with Crippen molar-refractivity contribution in [2.24, 2.45) is 5.73 Å². The van der Waals surface area contributed by atoms with Crippen molar-refractivity contribution in [3.63, 3.8) is 0 Å². The molecule has 4 N–H and O–H groups in total. The Morgan fingerprint density at radius 1 is 1.60 bits per heavy atom. The van der Waals surface area contributed by atoms with Crippen LogP contribution in [0.15, 0.2) is 0 Å². The Balaban J connectivity index is 3.04. The molecule has 6 nitrogen and oxygen atoms in total. The van der Waals surface area contributed by atoms with Gasteiger partial charge in [0.2, 0.25) is 0 Å². The summed E-state index contributed by atoms with van der Waals surface area (Å²) in [6.07, 6.45) is 0.704.